The van der Waals surface area contributed by atoms with Crippen molar-refractivity contribution in [1.29, 1.82) is 0 Å². The number of para-hydroxylation sites is 1. The number of carbonyl (C=O) groups excluding carboxylic acids is 1. The molecule has 2 aromatic heterocycles. The highest BCUT2D eigenvalue weighted by atomic mass is 19.4. The Bertz CT molecular complexity index is 997. The van der Waals surface area contributed by atoms with Crippen LogP contribution in [0.1, 0.15) is 34.8 Å². The molecule has 1 aromatic carbocycles. The largest absolute Gasteiger partial charge is 0.467 e. The van der Waals surface area contributed by atoms with Crippen LogP contribution in [0.15, 0.2) is 53.1 Å². The summed E-state index contributed by atoms with van der Waals surface area (Å²) in [4.78, 5) is 12.4. The Morgan fingerprint density at radius 3 is 2.71 bits per heavy atom. The second-order valence-corrected chi connectivity index (χ2v) is 6.30. The zero-order valence-electron chi connectivity index (χ0n) is 14.2. The first kappa shape index (κ1) is 18.1. The molecule has 1 aliphatic rings. The van der Waals surface area contributed by atoms with E-state index in [0.29, 0.717) is 5.76 Å². The number of furan rings is 1. The molecule has 0 saturated heterocycles. The maximum atomic E-state index is 13.7. The van der Waals surface area contributed by atoms with Gasteiger partial charge in [0, 0.05) is 12.5 Å². The first-order chi connectivity index (χ1) is 13.3. The number of rotatable bonds is 3. The summed E-state index contributed by atoms with van der Waals surface area (Å²) in [7, 11) is 0. The van der Waals surface area contributed by atoms with Gasteiger partial charge in [0.25, 0.3) is 5.91 Å². The van der Waals surface area contributed by atoms with Crippen molar-refractivity contribution in [3.05, 3.63) is 66.0 Å². The van der Waals surface area contributed by atoms with Gasteiger partial charge in [-0.3, -0.25) is 4.79 Å². The van der Waals surface area contributed by atoms with Crippen molar-refractivity contribution in [2.24, 2.45) is 0 Å². The Balaban J connectivity index is 1.65. The molecule has 1 amide bonds. The Labute approximate surface area is 156 Å². The van der Waals surface area contributed by atoms with E-state index in [1.54, 1.807) is 12.1 Å². The highest BCUT2D eigenvalue weighted by Gasteiger charge is 2.47. The molecule has 146 valence electrons. The normalized spacial score (nSPS) is 19.0. The molecule has 6 nitrogen and oxygen atoms in total. The van der Waals surface area contributed by atoms with E-state index in [0.717, 1.165) is 10.7 Å². The van der Waals surface area contributed by atoms with Crippen LogP contribution in [0.25, 0.3) is 0 Å². The molecular weight excluding hydrogens is 380 g/mol. The van der Waals surface area contributed by atoms with Crippen molar-refractivity contribution in [3.8, 4) is 0 Å². The van der Waals surface area contributed by atoms with Gasteiger partial charge in [-0.25, -0.2) is 9.07 Å². The standard InChI is InChI=1S/C18H14F4N4O2/c19-10-4-1-2-5-11(10)24-17(27)13-9-16-23-12(14-6-3-7-28-14)8-15(18(20,21)22)26(16)25-13/h1-7,9,12,15,23H,8H2,(H,24,27)/t12-,15+/m1/s1. The number of alkyl halides is 3. The summed E-state index contributed by atoms with van der Waals surface area (Å²) in [6.45, 7) is 0. The third kappa shape index (κ3) is 3.32. The minimum Gasteiger partial charge on any atom is -0.467 e. The fourth-order valence-corrected chi connectivity index (χ4v) is 3.11. The highest BCUT2D eigenvalue weighted by molar-refractivity contribution is 6.03. The summed E-state index contributed by atoms with van der Waals surface area (Å²) in [5.74, 6) is -1.11. The van der Waals surface area contributed by atoms with Crippen LogP contribution in [0, 0.1) is 5.82 Å². The second-order valence-electron chi connectivity index (χ2n) is 6.30. The zero-order chi connectivity index (χ0) is 19.9. The molecule has 0 saturated carbocycles. The van der Waals surface area contributed by atoms with E-state index in [4.69, 9.17) is 4.42 Å². The minimum absolute atomic E-state index is 0.0219. The fourth-order valence-electron chi connectivity index (χ4n) is 3.11. The second kappa shape index (κ2) is 6.70. The van der Waals surface area contributed by atoms with Gasteiger partial charge in [0.2, 0.25) is 0 Å². The van der Waals surface area contributed by atoms with Gasteiger partial charge < -0.3 is 15.1 Å². The van der Waals surface area contributed by atoms with Crippen LogP contribution < -0.4 is 10.6 Å². The van der Waals surface area contributed by atoms with Gasteiger partial charge in [0.1, 0.15) is 17.4 Å². The number of hydrogen-bond donors (Lipinski definition) is 2. The molecule has 0 spiro atoms. The van der Waals surface area contributed by atoms with Gasteiger partial charge in [0.15, 0.2) is 11.7 Å². The maximum Gasteiger partial charge on any atom is 0.410 e. The van der Waals surface area contributed by atoms with Crippen LogP contribution in [-0.4, -0.2) is 21.9 Å². The van der Waals surface area contributed by atoms with E-state index in [1.165, 1.54) is 30.5 Å². The van der Waals surface area contributed by atoms with Crippen molar-refractivity contribution < 1.29 is 26.8 Å². The predicted octanol–water partition coefficient (Wildman–Crippen LogP) is 4.53. The number of carbonyl (C=O) groups is 1. The molecule has 0 bridgehead atoms. The van der Waals surface area contributed by atoms with Crippen LogP contribution in [0.2, 0.25) is 0 Å². The molecule has 3 heterocycles. The zero-order valence-corrected chi connectivity index (χ0v) is 14.2. The number of halogens is 4. The van der Waals surface area contributed by atoms with E-state index < -0.39 is 30.0 Å². The van der Waals surface area contributed by atoms with E-state index in [2.05, 4.69) is 15.7 Å². The SMILES string of the molecule is O=C(Nc1ccccc1F)c1cc2n(n1)[C@H](C(F)(F)F)C[C@H](c1ccco1)N2. The summed E-state index contributed by atoms with van der Waals surface area (Å²) in [5, 5.41) is 9.02. The summed E-state index contributed by atoms with van der Waals surface area (Å²) in [6, 6.07) is 7.16. The van der Waals surface area contributed by atoms with E-state index in [1.807, 2.05) is 0 Å². The summed E-state index contributed by atoms with van der Waals surface area (Å²) < 4.78 is 60.4. The van der Waals surface area contributed by atoms with E-state index in [-0.39, 0.29) is 23.6 Å². The van der Waals surface area contributed by atoms with Crippen molar-refractivity contribution in [2.45, 2.75) is 24.7 Å². The summed E-state index contributed by atoms with van der Waals surface area (Å²) in [6.07, 6.45) is -3.55. The van der Waals surface area contributed by atoms with Gasteiger partial charge in [-0.05, 0) is 24.3 Å². The molecular formula is C18H14F4N4O2. The van der Waals surface area contributed by atoms with Crippen molar-refractivity contribution in [2.75, 3.05) is 10.6 Å². The van der Waals surface area contributed by atoms with Crippen LogP contribution in [0.4, 0.5) is 29.1 Å². The van der Waals surface area contributed by atoms with Crippen molar-refractivity contribution in [1.82, 2.24) is 9.78 Å². The number of nitrogens with zero attached hydrogens (tertiary/aromatic N) is 2. The van der Waals surface area contributed by atoms with Crippen LogP contribution in [0.5, 0.6) is 0 Å². The lowest BCUT2D eigenvalue weighted by molar-refractivity contribution is -0.174. The molecule has 2 atom stereocenters. The van der Waals surface area contributed by atoms with Crippen molar-refractivity contribution in [3.63, 3.8) is 0 Å². The average molecular weight is 394 g/mol. The molecule has 1 aliphatic heterocycles. The molecule has 2 N–H and O–H groups in total. The van der Waals surface area contributed by atoms with Crippen molar-refractivity contribution >= 4 is 17.4 Å². The van der Waals surface area contributed by atoms with Gasteiger partial charge in [-0.15, -0.1) is 0 Å². The Morgan fingerprint density at radius 1 is 1.25 bits per heavy atom. The molecule has 0 aliphatic carbocycles. The van der Waals surface area contributed by atoms with Gasteiger partial charge >= 0.3 is 6.18 Å². The number of aromatic nitrogens is 2. The fraction of sp³-hybridized carbons (Fsp3) is 0.222. The lowest BCUT2D eigenvalue weighted by Crippen LogP contribution is -2.35. The van der Waals surface area contributed by atoms with E-state index in [9.17, 15) is 22.4 Å². The molecule has 0 fully saturated rings. The average Bonchev–Trinajstić information content (AvgIpc) is 3.31. The molecule has 0 unspecified atom stereocenters. The number of benzene rings is 1. The monoisotopic (exact) mass is 394 g/mol. The first-order valence-corrected chi connectivity index (χ1v) is 8.35. The number of hydrogen-bond acceptors (Lipinski definition) is 4. The third-order valence-corrected chi connectivity index (χ3v) is 4.43. The van der Waals surface area contributed by atoms with Gasteiger partial charge in [-0.2, -0.15) is 18.3 Å². The first-order valence-electron chi connectivity index (χ1n) is 8.35. The molecule has 10 heteroatoms. The third-order valence-electron chi connectivity index (χ3n) is 4.43. The minimum atomic E-state index is -4.58. The van der Waals surface area contributed by atoms with Crippen LogP contribution in [0.3, 0.4) is 0 Å². The number of anilines is 2. The van der Waals surface area contributed by atoms with Gasteiger partial charge in [0.05, 0.1) is 18.0 Å². The number of nitrogens with one attached hydrogen (secondary N) is 2. The summed E-state index contributed by atoms with van der Waals surface area (Å²) >= 11 is 0. The smallest absolute Gasteiger partial charge is 0.410 e. The molecule has 28 heavy (non-hydrogen) atoms. The molecule has 3 aromatic rings. The number of fused-ring (bicyclic) bond motifs is 1. The van der Waals surface area contributed by atoms with Gasteiger partial charge in [-0.1, -0.05) is 12.1 Å². The lowest BCUT2D eigenvalue weighted by Gasteiger charge is -2.32. The van der Waals surface area contributed by atoms with Crippen LogP contribution >= 0.6 is 0 Å². The Kier molecular flexibility index (Phi) is 4.33. The predicted molar refractivity (Wildman–Crippen MR) is 91.4 cm³/mol. The van der Waals surface area contributed by atoms with E-state index >= 15 is 0 Å². The maximum absolute atomic E-state index is 13.7. The topological polar surface area (TPSA) is 72.1 Å². The highest BCUT2D eigenvalue weighted by Crippen LogP contribution is 2.43. The van der Waals surface area contributed by atoms with Crippen LogP contribution in [-0.2, 0) is 0 Å². The quantitative estimate of drug-likeness (QED) is 0.641. The molecule has 4 rings (SSSR count). The summed E-state index contributed by atoms with van der Waals surface area (Å²) in [5.41, 5.74) is -0.354. The Hall–Kier alpha value is -3.30. The molecule has 0 radical (unpaired) electrons. The lowest BCUT2D eigenvalue weighted by atomic mass is 10.0. The Morgan fingerprint density at radius 2 is 2.04 bits per heavy atom. The number of amides is 1.